The molecule has 0 bridgehead atoms. The summed E-state index contributed by atoms with van der Waals surface area (Å²) in [4.78, 5) is 25.9. The van der Waals surface area contributed by atoms with Crippen LogP contribution in [0, 0.1) is 6.92 Å². The van der Waals surface area contributed by atoms with Gasteiger partial charge in [0.25, 0.3) is 5.91 Å². The molecule has 2 aliphatic rings. The van der Waals surface area contributed by atoms with Crippen LogP contribution < -0.4 is 10.6 Å². The predicted octanol–water partition coefficient (Wildman–Crippen LogP) is 5.12. The molecule has 2 N–H and O–H groups in total. The molecule has 2 aromatic carbocycles. The smallest absolute Gasteiger partial charge is 0.261 e. The molecule has 0 saturated carbocycles. The van der Waals surface area contributed by atoms with Gasteiger partial charge in [0.05, 0.1) is 6.20 Å². The van der Waals surface area contributed by atoms with Crippen molar-refractivity contribution in [3.05, 3.63) is 87.7 Å². The number of allylic oxidation sites excluding steroid dienone is 2. The molecule has 0 saturated heterocycles. The van der Waals surface area contributed by atoms with Crippen molar-refractivity contribution in [3.8, 4) is 0 Å². The van der Waals surface area contributed by atoms with Gasteiger partial charge in [0.1, 0.15) is 17.4 Å². The summed E-state index contributed by atoms with van der Waals surface area (Å²) >= 11 is 5.93. The van der Waals surface area contributed by atoms with Gasteiger partial charge >= 0.3 is 0 Å². The molecule has 1 amide bonds. The SMILES string of the molecule is Cc1ccc([C@@H]2C3=C(CCCC3=O)Nc3c(C(=O)Nc4ccc(Cl)cc4)cnn32)cc1. The summed E-state index contributed by atoms with van der Waals surface area (Å²) < 4.78 is 1.75. The number of Topliss-reactive ketones (excluding diaryl/α,β-unsaturated/α-hetero) is 1. The Morgan fingerprint density at radius 1 is 1.13 bits per heavy atom. The molecule has 31 heavy (non-hydrogen) atoms. The molecule has 0 fully saturated rings. The number of carbonyl (C=O) groups excluding carboxylic acids is 2. The highest BCUT2D eigenvalue weighted by molar-refractivity contribution is 6.30. The van der Waals surface area contributed by atoms with E-state index in [1.807, 2.05) is 31.2 Å². The molecule has 156 valence electrons. The first-order valence-corrected chi connectivity index (χ1v) is 10.6. The Morgan fingerprint density at radius 2 is 1.87 bits per heavy atom. The van der Waals surface area contributed by atoms with Gasteiger partial charge in [-0.25, -0.2) is 4.68 Å². The number of hydrogen-bond donors (Lipinski definition) is 2. The van der Waals surface area contributed by atoms with E-state index in [4.69, 9.17) is 11.6 Å². The Morgan fingerprint density at radius 3 is 2.61 bits per heavy atom. The Labute approximate surface area is 184 Å². The first-order chi connectivity index (χ1) is 15.0. The number of nitrogens with zero attached hydrogens (tertiary/aromatic N) is 2. The number of nitrogens with one attached hydrogen (secondary N) is 2. The van der Waals surface area contributed by atoms with E-state index < -0.39 is 0 Å². The molecule has 0 spiro atoms. The fraction of sp³-hybridized carbons (Fsp3) is 0.208. The Hall–Kier alpha value is -3.38. The zero-order valence-electron chi connectivity index (χ0n) is 17.0. The maximum atomic E-state index is 13.0. The molecule has 2 heterocycles. The zero-order valence-corrected chi connectivity index (χ0v) is 17.7. The number of carbonyl (C=O) groups is 2. The van der Waals surface area contributed by atoms with Crippen LogP contribution in [0.25, 0.3) is 0 Å². The molecule has 1 aromatic heterocycles. The maximum absolute atomic E-state index is 13.0. The van der Waals surface area contributed by atoms with Crippen molar-refractivity contribution in [2.75, 3.05) is 10.6 Å². The monoisotopic (exact) mass is 432 g/mol. The van der Waals surface area contributed by atoms with Crippen molar-refractivity contribution in [1.29, 1.82) is 0 Å². The lowest BCUT2D eigenvalue weighted by Crippen LogP contribution is -2.32. The summed E-state index contributed by atoms with van der Waals surface area (Å²) in [7, 11) is 0. The highest BCUT2D eigenvalue weighted by Gasteiger charge is 2.37. The highest BCUT2D eigenvalue weighted by Crippen LogP contribution is 2.41. The summed E-state index contributed by atoms with van der Waals surface area (Å²) in [5, 5.41) is 11.4. The maximum Gasteiger partial charge on any atom is 0.261 e. The second kappa shape index (κ2) is 7.71. The van der Waals surface area contributed by atoms with Gasteiger partial charge < -0.3 is 10.6 Å². The van der Waals surface area contributed by atoms with Crippen molar-refractivity contribution in [2.45, 2.75) is 32.2 Å². The second-order valence-electron chi connectivity index (χ2n) is 7.92. The fourth-order valence-corrected chi connectivity index (χ4v) is 4.34. The van der Waals surface area contributed by atoms with Gasteiger partial charge in [-0.15, -0.1) is 0 Å². The Balaban J connectivity index is 1.56. The van der Waals surface area contributed by atoms with E-state index in [1.165, 1.54) is 0 Å². The number of aromatic nitrogens is 2. The average molecular weight is 433 g/mol. The molecule has 0 unspecified atom stereocenters. The van der Waals surface area contributed by atoms with E-state index >= 15 is 0 Å². The van der Waals surface area contributed by atoms with E-state index in [2.05, 4.69) is 15.7 Å². The number of aryl methyl sites for hydroxylation is 1. The number of benzene rings is 2. The van der Waals surface area contributed by atoms with Gasteiger partial charge in [-0.2, -0.15) is 5.10 Å². The standard InChI is InChI=1S/C24H21ClN4O2/c1-14-5-7-15(8-6-14)22-21-19(3-2-4-20(21)30)28-23-18(13-26-29(22)23)24(31)27-17-11-9-16(25)10-12-17/h5-13,22,28H,2-4H2,1H3,(H,27,31)/t22-/m1/s1. The van der Waals surface area contributed by atoms with Crippen LogP contribution in [0.15, 0.2) is 66.0 Å². The van der Waals surface area contributed by atoms with E-state index in [0.29, 0.717) is 28.5 Å². The van der Waals surface area contributed by atoms with Crippen LogP contribution in [0.2, 0.25) is 5.02 Å². The van der Waals surface area contributed by atoms with Gasteiger partial charge in [-0.05, 0) is 49.6 Å². The molecule has 6 nitrogen and oxygen atoms in total. The fourth-order valence-electron chi connectivity index (χ4n) is 4.21. The van der Waals surface area contributed by atoms with Crippen LogP contribution in [0.1, 0.15) is 46.8 Å². The van der Waals surface area contributed by atoms with Crippen LogP contribution >= 0.6 is 11.6 Å². The first kappa shape index (κ1) is 19.6. The number of halogens is 1. The normalized spacial score (nSPS) is 17.6. The summed E-state index contributed by atoms with van der Waals surface area (Å²) in [5.41, 5.74) is 4.82. The number of rotatable bonds is 3. The van der Waals surface area contributed by atoms with Gasteiger partial charge in [0.15, 0.2) is 5.78 Å². The lowest BCUT2D eigenvalue weighted by molar-refractivity contribution is -0.116. The minimum absolute atomic E-state index is 0.132. The predicted molar refractivity (Wildman–Crippen MR) is 120 cm³/mol. The minimum atomic E-state index is -0.350. The number of ketones is 1. The van der Waals surface area contributed by atoms with Crippen LogP contribution in [0.3, 0.4) is 0 Å². The number of fused-ring (bicyclic) bond motifs is 1. The van der Waals surface area contributed by atoms with Crippen LogP contribution in [0.5, 0.6) is 0 Å². The van der Waals surface area contributed by atoms with E-state index in [0.717, 1.165) is 35.2 Å². The van der Waals surface area contributed by atoms with Crippen molar-refractivity contribution < 1.29 is 9.59 Å². The third-order valence-electron chi connectivity index (χ3n) is 5.78. The second-order valence-corrected chi connectivity index (χ2v) is 8.36. The third kappa shape index (κ3) is 3.53. The van der Waals surface area contributed by atoms with Gasteiger partial charge in [0.2, 0.25) is 0 Å². The topological polar surface area (TPSA) is 76.0 Å². The Bertz CT molecular complexity index is 1210. The van der Waals surface area contributed by atoms with E-state index in [9.17, 15) is 9.59 Å². The summed E-state index contributed by atoms with van der Waals surface area (Å²) in [6.07, 6.45) is 3.65. The molecular formula is C24H21ClN4O2. The highest BCUT2D eigenvalue weighted by atomic mass is 35.5. The summed E-state index contributed by atoms with van der Waals surface area (Å²) in [5.74, 6) is 0.461. The largest absolute Gasteiger partial charge is 0.343 e. The lowest BCUT2D eigenvalue weighted by atomic mass is 9.85. The average Bonchev–Trinajstić information content (AvgIpc) is 3.18. The number of amides is 1. The minimum Gasteiger partial charge on any atom is -0.343 e. The van der Waals surface area contributed by atoms with Crippen molar-refractivity contribution in [1.82, 2.24) is 9.78 Å². The first-order valence-electron chi connectivity index (χ1n) is 10.3. The molecule has 0 radical (unpaired) electrons. The van der Waals surface area contributed by atoms with Gasteiger partial charge in [0, 0.05) is 28.4 Å². The lowest BCUT2D eigenvalue weighted by Gasteiger charge is -2.33. The molecule has 7 heteroatoms. The zero-order chi connectivity index (χ0) is 21.5. The summed E-state index contributed by atoms with van der Waals surface area (Å²) in [6.45, 7) is 2.03. The van der Waals surface area contributed by atoms with Gasteiger partial charge in [-0.3, -0.25) is 9.59 Å². The summed E-state index contributed by atoms with van der Waals surface area (Å²) in [6, 6.07) is 14.7. The third-order valence-corrected chi connectivity index (χ3v) is 6.03. The van der Waals surface area contributed by atoms with Crippen LogP contribution in [0.4, 0.5) is 11.5 Å². The van der Waals surface area contributed by atoms with Crippen molar-refractivity contribution in [3.63, 3.8) is 0 Å². The number of hydrogen-bond acceptors (Lipinski definition) is 4. The van der Waals surface area contributed by atoms with E-state index in [-0.39, 0.29) is 17.7 Å². The molecule has 1 atom stereocenters. The molecule has 1 aliphatic carbocycles. The van der Waals surface area contributed by atoms with E-state index in [1.54, 1.807) is 35.1 Å². The molecular weight excluding hydrogens is 412 g/mol. The van der Waals surface area contributed by atoms with Crippen LogP contribution in [-0.4, -0.2) is 21.5 Å². The van der Waals surface area contributed by atoms with Crippen LogP contribution in [-0.2, 0) is 4.79 Å². The molecule has 1 aliphatic heterocycles. The quantitative estimate of drug-likeness (QED) is 0.602. The van der Waals surface area contributed by atoms with Gasteiger partial charge in [-0.1, -0.05) is 41.4 Å². The van der Waals surface area contributed by atoms with Crippen molar-refractivity contribution >= 4 is 34.8 Å². The number of anilines is 2. The van der Waals surface area contributed by atoms with Crippen molar-refractivity contribution in [2.24, 2.45) is 0 Å². The molecule has 3 aromatic rings. The molecule has 5 rings (SSSR count). The Kier molecular flexibility index (Phi) is 4.87.